The Labute approximate surface area is 93.1 Å². The molecule has 1 atom stereocenters. The highest BCUT2D eigenvalue weighted by Gasteiger charge is 2.20. The lowest BCUT2D eigenvalue weighted by atomic mass is 10.3. The molecule has 8 heteroatoms. The van der Waals surface area contributed by atoms with Crippen LogP contribution >= 0.6 is 27.7 Å². The molecular formula is C6H10BBrF4NS-. The van der Waals surface area contributed by atoms with Gasteiger partial charge in [0.15, 0.2) is 0 Å². The molecule has 0 aliphatic carbocycles. The van der Waals surface area contributed by atoms with Crippen molar-refractivity contribution >= 4 is 34.9 Å². The van der Waals surface area contributed by atoms with Crippen LogP contribution in [0.4, 0.5) is 17.3 Å². The Kier molecular flexibility index (Phi) is 5.96. The smallest absolute Gasteiger partial charge is 0.418 e. The topological polar surface area (TPSA) is 3.24 Å². The minimum atomic E-state index is -6.00. The molecule has 0 aromatic rings. The van der Waals surface area contributed by atoms with Crippen molar-refractivity contribution in [1.82, 2.24) is 4.90 Å². The molecule has 14 heavy (non-hydrogen) atoms. The molecular weight excluding hydrogens is 285 g/mol. The fourth-order valence-corrected chi connectivity index (χ4v) is 2.69. The molecule has 1 unspecified atom stereocenters. The fourth-order valence-electron chi connectivity index (χ4n) is 0.849. The van der Waals surface area contributed by atoms with E-state index in [1.807, 2.05) is 11.8 Å². The van der Waals surface area contributed by atoms with Crippen molar-refractivity contribution in [2.45, 2.75) is 18.1 Å². The van der Waals surface area contributed by atoms with Crippen LogP contribution in [0.5, 0.6) is 0 Å². The number of hydrogen-bond acceptors (Lipinski definition) is 2. The Balaban J connectivity index is 0.000000292. The van der Waals surface area contributed by atoms with Crippen LogP contribution in [-0.4, -0.2) is 23.0 Å². The van der Waals surface area contributed by atoms with Crippen molar-refractivity contribution in [2.75, 3.05) is 6.54 Å². The molecule has 0 fully saturated rings. The minimum Gasteiger partial charge on any atom is -0.418 e. The van der Waals surface area contributed by atoms with Crippen molar-refractivity contribution in [1.29, 1.82) is 0 Å². The monoisotopic (exact) mass is 294 g/mol. The summed E-state index contributed by atoms with van der Waals surface area (Å²) in [6.07, 6.45) is 0. The summed E-state index contributed by atoms with van der Waals surface area (Å²) in [6, 6.07) is 0. The van der Waals surface area contributed by atoms with Gasteiger partial charge in [-0.05, 0) is 19.3 Å². The molecule has 0 saturated carbocycles. The van der Waals surface area contributed by atoms with Crippen molar-refractivity contribution in [3.8, 4) is 0 Å². The molecule has 0 aromatic heterocycles. The molecule has 0 N–H and O–H groups in total. The van der Waals surface area contributed by atoms with Crippen LogP contribution in [0.2, 0.25) is 0 Å². The zero-order chi connectivity index (χ0) is 11.4. The van der Waals surface area contributed by atoms with Crippen molar-refractivity contribution < 1.29 is 17.3 Å². The van der Waals surface area contributed by atoms with Crippen LogP contribution in [0.1, 0.15) is 13.8 Å². The van der Waals surface area contributed by atoms with Gasteiger partial charge in [-0.25, -0.2) is 0 Å². The molecule has 1 aliphatic heterocycles. The Morgan fingerprint density at radius 3 is 2.07 bits per heavy atom. The first-order valence-electron chi connectivity index (χ1n) is 3.86. The Hall–Kier alpha value is 0.155. The van der Waals surface area contributed by atoms with Crippen LogP contribution in [0.3, 0.4) is 0 Å². The highest BCUT2D eigenvalue weighted by molar-refractivity contribution is 9.11. The number of alkyl halides is 1. The first-order chi connectivity index (χ1) is 6.25. The van der Waals surface area contributed by atoms with Crippen molar-refractivity contribution in [2.24, 2.45) is 0 Å². The van der Waals surface area contributed by atoms with Gasteiger partial charge in [-0.3, -0.25) is 0 Å². The second-order valence-electron chi connectivity index (χ2n) is 2.47. The predicted molar refractivity (Wildman–Crippen MR) is 56.6 cm³/mol. The van der Waals surface area contributed by atoms with Crippen LogP contribution in [0, 0.1) is 0 Å². The second-order valence-corrected chi connectivity index (χ2v) is 4.90. The average molecular weight is 295 g/mol. The van der Waals surface area contributed by atoms with E-state index in [4.69, 9.17) is 0 Å². The molecule has 0 amide bonds. The molecule has 1 rings (SSSR count). The Morgan fingerprint density at radius 1 is 1.50 bits per heavy atom. The van der Waals surface area contributed by atoms with Crippen LogP contribution in [0.15, 0.2) is 11.1 Å². The number of allylic oxidation sites excluding steroid dienone is 1. The maximum absolute atomic E-state index is 9.75. The van der Waals surface area contributed by atoms with Gasteiger partial charge in [0, 0.05) is 12.2 Å². The summed E-state index contributed by atoms with van der Waals surface area (Å²) in [5, 5.41) is 2.18. The standard InChI is InChI=1S/C6H10BrNS.BF4/c1-3-8-5(2)4-9-6(8)7;2-1(3,4)5/h4,6H,3H2,1-2H3;/q;-1. The highest BCUT2D eigenvalue weighted by Crippen LogP contribution is 2.33. The number of nitrogens with zero attached hydrogens (tertiary/aromatic N) is 1. The van der Waals surface area contributed by atoms with E-state index in [2.05, 4.69) is 40.1 Å². The van der Waals surface area contributed by atoms with Gasteiger partial charge in [0.05, 0.1) is 0 Å². The summed E-state index contributed by atoms with van der Waals surface area (Å²) in [5.41, 5.74) is 1.37. The molecule has 1 aliphatic rings. The van der Waals surface area contributed by atoms with Gasteiger partial charge < -0.3 is 22.2 Å². The maximum atomic E-state index is 9.75. The molecule has 0 spiro atoms. The molecule has 84 valence electrons. The molecule has 1 nitrogen and oxygen atoms in total. The average Bonchev–Trinajstić information content (AvgIpc) is 2.27. The third kappa shape index (κ3) is 6.59. The second kappa shape index (κ2) is 5.90. The molecule has 0 radical (unpaired) electrons. The predicted octanol–water partition coefficient (Wildman–Crippen LogP) is 3.89. The lowest BCUT2D eigenvalue weighted by molar-refractivity contribution is 0.368. The van der Waals surface area contributed by atoms with Gasteiger partial charge in [-0.15, -0.1) is 0 Å². The quantitative estimate of drug-likeness (QED) is 0.312. The largest absolute Gasteiger partial charge is 0.673 e. The lowest BCUT2D eigenvalue weighted by Gasteiger charge is -2.20. The zero-order valence-corrected chi connectivity index (χ0v) is 10.1. The van der Waals surface area contributed by atoms with Crippen LogP contribution in [0.25, 0.3) is 0 Å². The lowest BCUT2D eigenvalue weighted by Crippen LogP contribution is -2.22. The van der Waals surface area contributed by atoms with Gasteiger partial charge in [0.25, 0.3) is 0 Å². The van der Waals surface area contributed by atoms with Crippen molar-refractivity contribution in [3.05, 3.63) is 11.1 Å². The fraction of sp³-hybridized carbons (Fsp3) is 0.667. The van der Waals surface area contributed by atoms with E-state index in [-0.39, 0.29) is 0 Å². The van der Waals surface area contributed by atoms with Gasteiger partial charge in [-0.1, -0.05) is 27.7 Å². The van der Waals surface area contributed by atoms with Gasteiger partial charge in [0.1, 0.15) is 4.28 Å². The molecule has 0 aromatic carbocycles. The van der Waals surface area contributed by atoms with E-state index >= 15 is 0 Å². The van der Waals surface area contributed by atoms with Crippen LogP contribution in [-0.2, 0) is 0 Å². The van der Waals surface area contributed by atoms with E-state index in [1.165, 1.54) is 5.70 Å². The van der Waals surface area contributed by atoms with Crippen molar-refractivity contribution in [3.63, 3.8) is 0 Å². The summed E-state index contributed by atoms with van der Waals surface area (Å²) in [7, 11) is -6.00. The molecule has 0 saturated heterocycles. The van der Waals surface area contributed by atoms with Gasteiger partial charge in [-0.2, -0.15) is 0 Å². The number of thioether (sulfide) groups is 1. The van der Waals surface area contributed by atoms with Gasteiger partial charge >= 0.3 is 7.25 Å². The van der Waals surface area contributed by atoms with E-state index in [9.17, 15) is 17.3 Å². The van der Waals surface area contributed by atoms with Gasteiger partial charge in [0.2, 0.25) is 0 Å². The number of halogens is 5. The Morgan fingerprint density at radius 2 is 1.93 bits per heavy atom. The van der Waals surface area contributed by atoms with E-state index in [0.29, 0.717) is 4.28 Å². The SMILES string of the molecule is CCN1C(C)=CSC1Br.F[B-](F)(F)F. The van der Waals surface area contributed by atoms with E-state index in [0.717, 1.165) is 6.54 Å². The van der Waals surface area contributed by atoms with Crippen LogP contribution < -0.4 is 0 Å². The summed E-state index contributed by atoms with van der Waals surface area (Å²) < 4.78 is 39.5. The third-order valence-corrected chi connectivity index (χ3v) is 3.49. The normalized spacial score (nSPS) is 21.5. The van der Waals surface area contributed by atoms with E-state index in [1.54, 1.807) is 0 Å². The first kappa shape index (κ1) is 14.2. The first-order valence-corrected chi connectivity index (χ1v) is 5.71. The summed E-state index contributed by atoms with van der Waals surface area (Å²) >= 11 is 5.36. The highest BCUT2D eigenvalue weighted by atomic mass is 79.9. The molecule has 0 bridgehead atoms. The minimum absolute atomic E-state index is 0.475. The Bertz CT molecular complexity index is 204. The zero-order valence-electron chi connectivity index (χ0n) is 7.68. The summed E-state index contributed by atoms with van der Waals surface area (Å²) in [5.74, 6) is 0. The summed E-state index contributed by atoms with van der Waals surface area (Å²) in [4.78, 5) is 2.31. The summed E-state index contributed by atoms with van der Waals surface area (Å²) in [6.45, 7) is 5.39. The molecule has 1 heterocycles. The number of rotatable bonds is 1. The maximum Gasteiger partial charge on any atom is 0.673 e. The number of hydrogen-bond donors (Lipinski definition) is 0. The van der Waals surface area contributed by atoms with E-state index < -0.39 is 7.25 Å². The third-order valence-electron chi connectivity index (χ3n) is 1.39.